The smallest absolute Gasteiger partial charge is 0.252 e. The SMILES string of the molecule is O=C1NC2=CC=C(Cl)CC2C1=Cc1ccc(-c2cncc(Cl)n2)o1. The van der Waals surface area contributed by atoms with Crippen molar-refractivity contribution in [3.63, 3.8) is 0 Å². The van der Waals surface area contributed by atoms with Crippen LogP contribution in [0.1, 0.15) is 12.2 Å². The Kier molecular flexibility index (Phi) is 3.75. The molecule has 0 saturated carbocycles. The molecule has 0 spiro atoms. The van der Waals surface area contributed by atoms with E-state index in [4.69, 9.17) is 27.6 Å². The van der Waals surface area contributed by atoms with Crippen molar-refractivity contribution in [3.8, 4) is 11.5 Å². The molecule has 1 atom stereocenters. The lowest BCUT2D eigenvalue weighted by atomic mass is 9.92. The number of nitrogens with one attached hydrogen (secondary N) is 1. The summed E-state index contributed by atoms with van der Waals surface area (Å²) in [5, 5.41) is 3.87. The summed E-state index contributed by atoms with van der Waals surface area (Å²) in [6.07, 6.45) is 9.00. The molecule has 1 amide bonds. The standard InChI is InChI=1S/C17H11Cl2N3O2/c18-9-1-3-13-11(5-9)12(17(23)22-13)6-10-2-4-15(24-10)14-7-20-8-16(19)21-14/h1-4,6-8,11H,5H2,(H,22,23). The van der Waals surface area contributed by atoms with Gasteiger partial charge in [-0.15, -0.1) is 0 Å². The molecular formula is C17H11Cl2N3O2. The van der Waals surface area contributed by atoms with Crippen LogP contribution in [-0.4, -0.2) is 15.9 Å². The van der Waals surface area contributed by atoms with Crippen molar-refractivity contribution in [2.24, 2.45) is 5.92 Å². The van der Waals surface area contributed by atoms with Gasteiger partial charge in [-0.05, 0) is 36.8 Å². The number of nitrogens with zero attached hydrogens (tertiary/aromatic N) is 2. The maximum atomic E-state index is 12.2. The minimum absolute atomic E-state index is 0.0606. The number of hydrogen-bond acceptors (Lipinski definition) is 4. The third kappa shape index (κ3) is 2.77. The molecule has 1 aliphatic heterocycles. The van der Waals surface area contributed by atoms with Crippen molar-refractivity contribution in [2.75, 3.05) is 0 Å². The quantitative estimate of drug-likeness (QED) is 0.824. The van der Waals surface area contributed by atoms with E-state index in [0.717, 1.165) is 10.7 Å². The maximum Gasteiger partial charge on any atom is 0.252 e. The Morgan fingerprint density at radius 2 is 2.12 bits per heavy atom. The van der Waals surface area contributed by atoms with Crippen LogP contribution in [0.3, 0.4) is 0 Å². The number of carbonyl (C=O) groups is 1. The van der Waals surface area contributed by atoms with E-state index in [1.807, 2.05) is 6.08 Å². The fraction of sp³-hybridized carbons (Fsp3) is 0.118. The van der Waals surface area contributed by atoms with Crippen LogP contribution in [0.2, 0.25) is 5.15 Å². The summed E-state index contributed by atoms with van der Waals surface area (Å²) in [7, 11) is 0. The van der Waals surface area contributed by atoms with E-state index in [2.05, 4.69) is 15.3 Å². The number of carbonyl (C=O) groups excluding carboxylic acids is 1. The van der Waals surface area contributed by atoms with Crippen LogP contribution in [0.15, 0.2) is 57.4 Å². The summed E-state index contributed by atoms with van der Waals surface area (Å²) in [4.78, 5) is 20.3. The Balaban J connectivity index is 1.66. The van der Waals surface area contributed by atoms with Gasteiger partial charge in [0.2, 0.25) is 0 Å². The maximum absolute atomic E-state index is 12.2. The highest BCUT2D eigenvalue weighted by Crippen LogP contribution is 2.37. The average molecular weight is 360 g/mol. The van der Waals surface area contributed by atoms with Crippen molar-refractivity contribution in [3.05, 3.63) is 63.9 Å². The lowest BCUT2D eigenvalue weighted by molar-refractivity contribution is -0.115. The molecule has 120 valence electrons. The molecule has 1 fully saturated rings. The highest BCUT2D eigenvalue weighted by Gasteiger charge is 2.34. The van der Waals surface area contributed by atoms with Crippen LogP contribution in [-0.2, 0) is 4.79 Å². The molecule has 1 unspecified atom stereocenters. The molecule has 5 nitrogen and oxygen atoms in total. The largest absolute Gasteiger partial charge is 0.455 e. The molecule has 1 N–H and O–H groups in total. The second kappa shape index (κ2) is 5.92. The molecule has 7 heteroatoms. The Labute approximate surface area is 147 Å². The Morgan fingerprint density at radius 1 is 1.25 bits per heavy atom. The van der Waals surface area contributed by atoms with Crippen LogP contribution < -0.4 is 5.32 Å². The van der Waals surface area contributed by atoms with Crippen LogP contribution in [0.5, 0.6) is 0 Å². The monoisotopic (exact) mass is 359 g/mol. The summed E-state index contributed by atoms with van der Waals surface area (Å²) in [5.41, 5.74) is 2.03. The Morgan fingerprint density at radius 3 is 2.96 bits per heavy atom. The summed E-state index contributed by atoms with van der Waals surface area (Å²) in [5.74, 6) is 0.900. The zero-order valence-corrected chi connectivity index (χ0v) is 13.8. The number of allylic oxidation sites excluding steroid dienone is 4. The third-order valence-electron chi connectivity index (χ3n) is 3.90. The molecule has 2 aliphatic rings. The molecular weight excluding hydrogens is 349 g/mol. The molecule has 0 aromatic carbocycles. The fourth-order valence-corrected chi connectivity index (χ4v) is 3.15. The van der Waals surface area contributed by atoms with Gasteiger partial charge in [0.15, 0.2) is 5.76 Å². The average Bonchev–Trinajstić information content (AvgIpc) is 3.14. The van der Waals surface area contributed by atoms with E-state index >= 15 is 0 Å². The lowest BCUT2D eigenvalue weighted by Crippen LogP contribution is -2.13. The van der Waals surface area contributed by atoms with Crippen molar-refractivity contribution in [1.82, 2.24) is 15.3 Å². The Hall–Kier alpha value is -2.37. The zero-order chi connectivity index (χ0) is 16.7. The summed E-state index contributed by atoms with van der Waals surface area (Å²) < 4.78 is 5.76. The summed E-state index contributed by atoms with van der Waals surface area (Å²) >= 11 is 11.9. The third-order valence-corrected chi connectivity index (χ3v) is 4.36. The van der Waals surface area contributed by atoms with Gasteiger partial charge in [-0.3, -0.25) is 9.78 Å². The van der Waals surface area contributed by atoms with Gasteiger partial charge < -0.3 is 9.73 Å². The molecule has 4 rings (SSSR count). The lowest BCUT2D eigenvalue weighted by Gasteiger charge is -2.14. The van der Waals surface area contributed by atoms with Gasteiger partial charge in [-0.2, -0.15) is 0 Å². The van der Waals surface area contributed by atoms with Crippen LogP contribution in [0.25, 0.3) is 17.5 Å². The highest BCUT2D eigenvalue weighted by atomic mass is 35.5. The number of rotatable bonds is 2. The van der Waals surface area contributed by atoms with Gasteiger partial charge in [0.1, 0.15) is 16.6 Å². The number of halogens is 2. The van der Waals surface area contributed by atoms with Crippen molar-refractivity contribution >= 4 is 35.2 Å². The predicted octanol–water partition coefficient (Wildman–Crippen LogP) is 3.93. The first-order valence-electron chi connectivity index (χ1n) is 7.27. The zero-order valence-electron chi connectivity index (χ0n) is 12.3. The molecule has 1 aliphatic carbocycles. The first-order chi connectivity index (χ1) is 11.6. The van der Waals surface area contributed by atoms with Crippen molar-refractivity contribution < 1.29 is 9.21 Å². The normalized spacial score (nSPS) is 21.3. The number of hydrogen-bond donors (Lipinski definition) is 1. The number of amides is 1. The predicted molar refractivity (Wildman–Crippen MR) is 91.0 cm³/mol. The number of furan rings is 1. The van der Waals surface area contributed by atoms with Crippen molar-refractivity contribution in [2.45, 2.75) is 6.42 Å². The highest BCUT2D eigenvalue weighted by molar-refractivity contribution is 6.30. The van der Waals surface area contributed by atoms with E-state index in [1.165, 1.54) is 6.20 Å². The molecule has 2 aromatic rings. The van der Waals surface area contributed by atoms with E-state index in [-0.39, 0.29) is 17.0 Å². The second-order valence-corrected chi connectivity index (χ2v) is 6.35. The number of aromatic nitrogens is 2. The van der Waals surface area contributed by atoms with Gasteiger partial charge in [-0.1, -0.05) is 23.2 Å². The first-order valence-corrected chi connectivity index (χ1v) is 8.03. The fourth-order valence-electron chi connectivity index (χ4n) is 2.79. The topological polar surface area (TPSA) is 68.0 Å². The van der Waals surface area contributed by atoms with Crippen LogP contribution in [0, 0.1) is 5.92 Å². The van der Waals surface area contributed by atoms with E-state index in [9.17, 15) is 4.79 Å². The van der Waals surface area contributed by atoms with Crippen LogP contribution in [0.4, 0.5) is 0 Å². The van der Waals surface area contributed by atoms with Gasteiger partial charge in [0.05, 0.1) is 12.4 Å². The number of fused-ring (bicyclic) bond motifs is 1. The second-order valence-electron chi connectivity index (χ2n) is 5.48. The minimum atomic E-state index is -0.133. The van der Waals surface area contributed by atoms with Gasteiger partial charge in [0.25, 0.3) is 5.91 Å². The molecule has 3 heterocycles. The van der Waals surface area contributed by atoms with Gasteiger partial charge >= 0.3 is 0 Å². The van der Waals surface area contributed by atoms with Gasteiger partial charge in [0, 0.05) is 22.2 Å². The van der Waals surface area contributed by atoms with Gasteiger partial charge in [-0.25, -0.2) is 4.98 Å². The molecule has 0 radical (unpaired) electrons. The van der Waals surface area contributed by atoms with E-state index in [1.54, 1.807) is 30.5 Å². The van der Waals surface area contributed by atoms with E-state index < -0.39 is 0 Å². The molecule has 24 heavy (non-hydrogen) atoms. The molecule has 2 aromatic heterocycles. The molecule has 1 saturated heterocycles. The Bertz CT molecular complexity index is 927. The first kappa shape index (κ1) is 15.2. The summed E-state index contributed by atoms with van der Waals surface area (Å²) in [6, 6.07) is 3.55. The van der Waals surface area contributed by atoms with Crippen LogP contribution >= 0.6 is 23.2 Å². The molecule has 0 bridgehead atoms. The summed E-state index contributed by atoms with van der Waals surface area (Å²) in [6.45, 7) is 0. The van der Waals surface area contributed by atoms with E-state index in [0.29, 0.717) is 29.2 Å². The minimum Gasteiger partial charge on any atom is -0.455 e. The van der Waals surface area contributed by atoms with Crippen molar-refractivity contribution in [1.29, 1.82) is 0 Å².